The van der Waals surface area contributed by atoms with E-state index in [0.29, 0.717) is 4.34 Å². The molecule has 0 saturated heterocycles. The number of sulfonamides is 1. The SMILES string of the molecule is O=C(O)CSc1nnc(NS(=O)(=O)c2cccnc2Cl)s1. The molecule has 2 aromatic rings. The van der Waals surface area contributed by atoms with Gasteiger partial charge in [-0.1, -0.05) is 34.7 Å². The molecule has 0 aliphatic carbocycles. The fraction of sp³-hybridized carbons (Fsp3) is 0.111. The Morgan fingerprint density at radius 3 is 2.90 bits per heavy atom. The van der Waals surface area contributed by atoms with E-state index >= 15 is 0 Å². The third-order valence-corrected chi connectivity index (χ3v) is 5.83. The lowest BCUT2D eigenvalue weighted by Crippen LogP contribution is -2.13. The Morgan fingerprint density at radius 2 is 2.24 bits per heavy atom. The minimum absolute atomic E-state index is 0.0165. The summed E-state index contributed by atoms with van der Waals surface area (Å²) < 4.78 is 26.8. The molecule has 2 N–H and O–H groups in total. The topological polar surface area (TPSA) is 122 Å². The molecule has 0 spiro atoms. The van der Waals surface area contributed by atoms with Crippen molar-refractivity contribution in [2.45, 2.75) is 9.24 Å². The largest absolute Gasteiger partial charge is 0.481 e. The maximum absolute atomic E-state index is 12.1. The van der Waals surface area contributed by atoms with Gasteiger partial charge >= 0.3 is 5.97 Å². The van der Waals surface area contributed by atoms with Gasteiger partial charge < -0.3 is 5.11 Å². The minimum atomic E-state index is -3.92. The maximum Gasteiger partial charge on any atom is 0.313 e. The molecule has 112 valence electrons. The molecular weight excluding hydrogens is 360 g/mol. The van der Waals surface area contributed by atoms with Crippen molar-refractivity contribution < 1.29 is 18.3 Å². The van der Waals surface area contributed by atoms with Crippen LogP contribution in [0.3, 0.4) is 0 Å². The van der Waals surface area contributed by atoms with Gasteiger partial charge in [-0.2, -0.15) is 0 Å². The lowest BCUT2D eigenvalue weighted by molar-refractivity contribution is -0.133. The highest BCUT2D eigenvalue weighted by Crippen LogP contribution is 2.28. The second-order valence-corrected chi connectivity index (χ2v) is 7.66. The van der Waals surface area contributed by atoms with E-state index in [0.717, 1.165) is 23.1 Å². The van der Waals surface area contributed by atoms with Crippen LogP contribution in [0.5, 0.6) is 0 Å². The van der Waals surface area contributed by atoms with E-state index in [2.05, 4.69) is 19.9 Å². The van der Waals surface area contributed by atoms with E-state index in [1.165, 1.54) is 18.3 Å². The quantitative estimate of drug-likeness (QED) is 0.583. The van der Waals surface area contributed by atoms with Crippen molar-refractivity contribution in [1.82, 2.24) is 15.2 Å². The molecule has 0 bridgehead atoms. The predicted octanol–water partition coefficient (Wildman–Crippen LogP) is 1.56. The normalized spacial score (nSPS) is 11.3. The first-order valence-electron chi connectivity index (χ1n) is 5.20. The summed E-state index contributed by atoms with van der Waals surface area (Å²) in [6.45, 7) is 0. The van der Waals surface area contributed by atoms with Crippen molar-refractivity contribution in [2.24, 2.45) is 0 Å². The second kappa shape index (κ2) is 6.56. The maximum atomic E-state index is 12.1. The van der Waals surface area contributed by atoms with Crippen LogP contribution in [0.1, 0.15) is 0 Å². The Bertz CT molecular complexity index is 764. The Labute approximate surface area is 132 Å². The molecule has 0 atom stereocenters. The van der Waals surface area contributed by atoms with Crippen molar-refractivity contribution in [3.05, 3.63) is 23.5 Å². The monoisotopic (exact) mass is 366 g/mol. The molecule has 0 saturated carbocycles. The Balaban J connectivity index is 2.14. The van der Waals surface area contributed by atoms with Crippen molar-refractivity contribution in [3.63, 3.8) is 0 Å². The number of halogens is 1. The summed E-state index contributed by atoms with van der Waals surface area (Å²) in [5, 5.41) is 15.7. The smallest absolute Gasteiger partial charge is 0.313 e. The summed E-state index contributed by atoms with van der Waals surface area (Å²) in [7, 11) is -3.92. The van der Waals surface area contributed by atoms with Crippen LogP contribution >= 0.6 is 34.7 Å². The zero-order valence-electron chi connectivity index (χ0n) is 10.1. The first-order valence-corrected chi connectivity index (χ1v) is 8.86. The number of aliphatic carboxylic acids is 1. The summed E-state index contributed by atoms with van der Waals surface area (Å²) in [6, 6.07) is 2.74. The Morgan fingerprint density at radius 1 is 1.48 bits per heavy atom. The third-order valence-electron chi connectivity index (χ3n) is 1.96. The molecule has 0 unspecified atom stereocenters. The van der Waals surface area contributed by atoms with Gasteiger partial charge in [-0.05, 0) is 12.1 Å². The Kier molecular flexibility index (Phi) is 4.98. The molecule has 0 aromatic carbocycles. The van der Waals surface area contributed by atoms with Crippen LogP contribution in [-0.4, -0.2) is 40.4 Å². The molecule has 2 rings (SSSR count). The number of carboxylic acid groups (broad SMARTS) is 1. The van der Waals surface area contributed by atoms with Gasteiger partial charge in [-0.3, -0.25) is 9.52 Å². The molecule has 21 heavy (non-hydrogen) atoms. The first-order chi connectivity index (χ1) is 9.88. The second-order valence-electron chi connectivity index (χ2n) is 3.45. The summed E-state index contributed by atoms with van der Waals surface area (Å²) in [5.74, 6) is -1.19. The molecule has 0 aliphatic heterocycles. The van der Waals surface area contributed by atoms with Gasteiger partial charge in [0, 0.05) is 6.20 Å². The fourth-order valence-corrected chi connectivity index (χ4v) is 4.33. The average Bonchev–Trinajstić information content (AvgIpc) is 2.83. The van der Waals surface area contributed by atoms with Gasteiger partial charge in [0.15, 0.2) is 4.34 Å². The van der Waals surface area contributed by atoms with Gasteiger partial charge in [0.2, 0.25) is 5.13 Å². The molecule has 8 nitrogen and oxygen atoms in total. The molecular formula is C9H7ClN4O4S3. The molecule has 2 heterocycles. The van der Waals surface area contributed by atoms with E-state index in [4.69, 9.17) is 16.7 Å². The van der Waals surface area contributed by atoms with Crippen molar-refractivity contribution in [2.75, 3.05) is 10.5 Å². The number of anilines is 1. The highest BCUT2D eigenvalue weighted by Gasteiger charge is 2.20. The van der Waals surface area contributed by atoms with Gasteiger partial charge in [-0.25, -0.2) is 13.4 Å². The number of aromatic nitrogens is 3. The number of rotatable bonds is 6. The molecule has 0 aliphatic rings. The number of hydrogen-bond donors (Lipinski definition) is 2. The van der Waals surface area contributed by atoms with Crippen molar-refractivity contribution in [1.29, 1.82) is 0 Å². The van der Waals surface area contributed by atoms with E-state index in [1.807, 2.05) is 0 Å². The van der Waals surface area contributed by atoms with E-state index in [-0.39, 0.29) is 20.9 Å². The number of nitrogens with zero attached hydrogens (tertiary/aromatic N) is 3. The number of hydrogen-bond acceptors (Lipinski definition) is 8. The van der Waals surface area contributed by atoms with Crippen LogP contribution in [0.4, 0.5) is 5.13 Å². The Hall–Kier alpha value is -1.43. The standard InChI is InChI=1S/C9H7ClN4O4S3/c10-7-5(2-1-3-11-7)21(17,18)14-8-12-13-9(20-8)19-4-6(15)16/h1-3H,4H2,(H,12,14)(H,15,16). The van der Waals surface area contributed by atoms with E-state index in [1.54, 1.807) is 0 Å². The number of carboxylic acids is 1. The van der Waals surface area contributed by atoms with Crippen LogP contribution in [0.2, 0.25) is 5.15 Å². The van der Waals surface area contributed by atoms with Gasteiger partial charge in [0.05, 0.1) is 5.75 Å². The summed E-state index contributed by atoms with van der Waals surface area (Å²) in [5.41, 5.74) is 0. The van der Waals surface area contributed by atoms with Crippen molar-refractivity contribution in [3.8, 4) is 0 Å². The fourth-order valence-electron chi connectivity index (χ4n) is 1.17. The average molecular weight is 367 g/mol. The molecule has 2 aromatic heterocycles. The number of thioether (sulfide) groups is 1. The highest BCUT2D eigenvalue weighted by atomic mass is 35.5. The minimum Gasteiger partial charge on any atom is -0.481 e. The summed E-state index contributed by atoms with van der Waals surface area (Å²) >= 11 is 7.60. The highest BCUT2D eigenvalue weighted by molar-refractivity contribution is 8.01. The number of nitrogens with one attached hydrogen (secondary N) is 1. The summed E-state index contributed by atoms with van der Waals surface area (Å²) in [4.78, 5) is 13.9. The first kappa shape index (κ1) is 15.9. The lowest BCUT2D eigenvalue weighted by atomic mass is 10.5. The van der Waals surface area contributed by atoms with Crippen LogP contribution in [0, 0.1) is 0 Å². The van der Waals surface area contributed by atoms with E-state index in [9.17, 15) is 13.2 Å². The predicted molar refractivity (Wildman–Crippen MR) is 78.3 cm³/mol. The number of carbonyl (C=O) groups is 1. The lowest BCUT2D eigenvalue weighted by Gasteiger charge is -2.05. The van der Waals surface area contributed by atoms with Crippen molar-refractivity contribution >= 4 is 55.8 Å². The van der Waals surface area contributed by atoms with Gasteiger partial charge in [0.25, 0.3) is 10.0 Å². The molecule has 0 amide bonds. The third kappa shape index (κ3) is 4.27. The summed E-state index contributed by atoms with van der Waals surface area (Å²) in [6.07, 6.45) is 1.37. The zero-order chi connectivity index (χ0) is 15.5. The van der Waals surface area contributed by atoms with Crippen LogP contribution < -0.4 is 4.72 Å². The number of pyridine rings is 1. The van der Waals surface area contributed by atoms with Crippen LogP contribution in [-0.2, 0) is 14.8 Å². The van der Waals surface area contributed by atoms with Gasteiger partial charge in [-0.15, -0.1) is 10.2 Å². The van der Waals surface area contributed by atoms with Crippen LogP contribution in [0.25, 0.3) is 0 Å². The molecule has 12 heteroatoms. The molecule has 0 fully saturated rings. The van der Waals surface area contributed by atoms with Crippen LogP contribution in [0.15, 0.2) is 27.6 Å². The molecule has 0 radical (unpaired) electrons. The van der Waals surface area contributed by atoms with Gasteiger partial charge in [0.1, 0.15) is 10.0 Å². The zero-order valence-corrected chi connectivity index (χ0v) is 13.3. The van der Waals surface area contributed by atoms with E-state index < -0.39 is 16.0 Å².